The number of fused-ring (bicyclic) bond motifs is 2. The van der Waals surface area contributed by atoms with E-state index in [9.17, 15) is 0 Å². The van der Waals surface area contributed by atoms with Gasteiger partial charge in [0, 0.05) is 0 Å². The maximum atomic E-state index is 2.64. The number of hydrogen-bond acceptors (Lipinski definition) is 0. The fourth-order valence-electron chi connectivity index (χ4n) is 5.55. The van der Waals surface area contributed by atoms with Crippen molar-refractivity contribution in [2.24, 2.45) is 11.8 Å². The Labute approximate surface area is 216 Å². The number of allylic oxidation sites excluding steroid dienone is 2. The second-order valence-corrected chi connectivity index (χ2v) is 28.1. The summed E-state index contributed by atoms with van der Waals surface area (Å²) < 4.78 is 1.53. The van der Waals surface area contributed by atoms with E-state index in [1.165, 1.54) is 24.0 Å². The molecule has 0 nitrogen and oxygen atoms in total. The summed E-state index contributed by atoms with van der Waals surface area (Å²) >= 11 is -1.92. The van der Waals surface area contributed by atoms with Gasteiger partial charge < -0.3 is 24.8 Å². The first kappa shape index (κ1) is 27.8. The van der Waals surface area contributed by atoms with Crippen LogP contribution in [0.5, 0.6) is 0 Å². The molecule has 0 saturated heterocycles. The monoisotopic (exact) mass is 560 g/mol. The topological polar surface area (TPSA) is 0 Å². The smallest absolute Gasteiger partial charge is 1.00 e. The zero-order valence-electron chi connectivity index (χ0n) is 20.3. The van der Waals surface area contributed by atoms with E-state index in [0.717, 1.165) is 19.1 Å². The van der Waals surface area contributed by atoms with Gasteiger partial charge in [0.05, 0.1) is 0 Å². The Morgan fingerprint density at radius 3 is 1.41 bits per heavy atom. The molecule has 0 radical (unpaired) electrons. The van der Waals surface area contributed by atoms with Gasteiger partial charge in [-0.1, -0.05) is 0 Å². The predicted molar refractivity (Wildman–Crippen MR) is 131 cm³/mol. The minimum Gasteiger partial charge on any atom is -1.00 e. The Kier molecular flexibility index (Phi) is 10.3. The van der Waals surface area contributed by atoms with Crippen molar-refractivity contribution in [3.63, 3.8) is 0 Å². The summed E-state index contributed by atoms with van der Waals surface area (Å²) in [5.41, 5.74) is 9.55. The molecule has 4 rings (SSSR count). The summed E-state index contributed by atoms with van der Waals surface area (Å²) in [5, 5.41) is 0. The van der Waals surface area contributed by atoms with Crippen LogP contribution in [0, 0.1) is 11.8 Å². The maximum Gasteiger partial charge on any atom is -1.00 e. The number of benzene rings is 2. The molecule has 2 aliphatic carbocycles. The van der Waals surface area contributed by atoms with Crippen molar-refractivity contribution in [2.75, 3.05) is 0 Å². The first-order chi connectivity index (χ1) is 14.4. The van der Waals surface area contributed by atoms with Crippen molar-refractivity contribution in [1.82, 2.24) is 0 Å². The third kappa shape index (κ3) is 5.63. The number of hydrogen-bond donors (Lipinski definition) is 0. The first-order valence-electron chi connectivity index (χ1n) is 11.6. The van der Waals surface area contributed by atoms with E-state index in [-0.39, 0.29) is 30.2 Å². The van der Waals surface area contributed by atoms with E-state index in [1.54, 1.807) is 22.3 Å². The maximum absolute atomic E-state index is 2.64. The normalized spacial score (nSPS) is 18.1. The van der Waals surface area contributed by atoms with E-state index < -0.39 is 20.4 Å². The van der Waals surface area contributed by atoms with Gasteiger partial charge in [0.25, 0.3) is 0 Å². The zero-order valence-corrected chi connectivity index (χ0v) is 25.2. The van der Waals surface area contributed by atoms with Gasteiger partial charge in [-0.25, -0.2) is 0 Å². The number of halogens is 2. The van der Waals surface area contributed by atoms with Crippen molar-refractivity contribution in [1.29, 1.82) is 0 Å². The molecule has 2 unspecified atom stereocenters. The van der Waals surface area contributed by atoms with E-state index >= 15 is 0 Å². The largest absolute Gasteiger partial charge is 1.00 e. The molecule has 0 fully saturated rings. The van der Waals surface area contributed by atoms with Gasteiger partial charge in [0.1, 0.15) is 0 Å². The van der Waals surface area contributed by atoms with Crippen LogP contribution in [0.4, 0.5) is 0 Å². The molecule has 2 aliphatic rings. The molecule has 0 aliphatic heterocycles. The average molecular weight is 563 g/mol. The second-order valence-electron chi connectivity index (χ2n) is 10.2. The van der Waals surface area contributed by atoms with Gasteiger partial charge in [0.15, 0.2) is 0 Å². The Hall–Kier alpha value is -0.400. The van der Waals surface area contributed by atoms with Crippen LogP contribution in [-0.2, 0) is 20.4 Å². The molecule has 2 aromatic rings. The summed E-state index contributed by atoms with van der Waals surface area (Å²) in [6.07, 6.45) is 7.68. The Morgan fingerprint density at radius 2 is 1.06 bits per heavy atom. The van der Waals surface area contributed by atoms with Crippen LogP contribution in [0.3, 0.4) is 0 Å². The molecular formula is C28H36Cl2SiZr. The van der Waals surface area contributed by atoms with E-state index in [2.05, 4.69) is 101 Å². The zero-order chi connectivity index (χ0) is 21.4. The molecule has 32 heavy (non-hydrogen) atoms. The minimum atomic E-state index is -1.92. The first-order valence-corrected chi connectivity index (χ1v) is 20.6. The van der Waals surface area contributed by atoms with Crippen LogP contribution in [-0.4, -0.2) is 5.43 Å². The summed E-state index contributed by atoms with van der Waals surface area (Å²) in [7, 11) is 0. The van der Waals surface area contributed by atoms with Crippen molar-refractivity contribution in [3.8, 4) is 0 Å². The van der Waals surface area contributed by atoms with Crippen LogP contribution in [0.15, 0.2) is 59.7 Å². The third-order valence-electron chi connectivity index (χ3n) is 6.52. The molecule has 0 bridgehead atoms. The van der Waals surface area contributed by atoms with Gasteiger partial charge in [-0.3, -0.25) is 0 Å². The van der Waals surface area contributed by atoms with Crippen molar-refractivity contribution in [2.45, 2.75) is 60.9 Å². The van der Waals surface area contributed by atoms with Gasteiger partial charge in [-0.2, -0.15) is 0 Å². The average Bonchev–Trinajstić information content (AvgIpc) is 3.20. The summed E-state index contributed by atoms with van der Waals surface area (Å²) in [6.45, 7) is 14.8. The molecule has 170 valence electrons. The van der Waals surface area contributed by atoms with E-state index in [1.807, 2.05) is 0 Å². The molecule has 0 spiro atoms. The molecule has 0 heterocycles. The predicted octanol–water partition coefficient (Wildman–Crippen LogP) is 2.23. The summed E-state index contributed by atoms with van der Waals surface area (Å²) in [6, 6.07) is 18.7. The standard InChI is InChI=1S/2C13H15.C2H6Si.2ClH.Zr/c2*1-10(2)7-11-8-12-5-3-4-6-13(12)9-11;1-3-2;;;/h2*3-6,8-10H,7H2,1-2H3;1-2H3;2*1H;/q;;;;;+2/p-2. The number of rotatable bonds is 6. The summed E-state index contributed by atoms with van der Waals surface area (Å²) in [5.74, 6) is 1.45. The Morgan fingerprint density at radius 1 is 0.688 bits per heavy atom. The Balaban J connectivity index is 0.00000181. The van der Waals surface area contributed by atoms with Crippen molar-refractivity contribution < 1.29 is 45.2 Å². The SMILES string of the molecule is CC(C)CC1=Cc2ccccc2[CH]1[Zr+2]([CH]1C(CC(C)C)=Cc2ccccc21)=[Si](C)C.[Cl-].[Cl-]. The molecule has 0 aromatic heterocycles. The van der Waals surface area contributed by atoms with Gasteiger partial charge in [-0.05, 0) is 0 Å². The summed E-state index contributed by atoms with van der Waals surface area (Å²) in [4.78, 5) is 0. The van der Waals surface area contributed by atoms with Crippen LogP contribution in [0.1, 0.15) is 70.0 Å². The molecule has 2 aromatic carbocycles. The molecule has 2 atom stereocenters. The van der Waals surface area contributed by atoms with Gasteiger partial charge in [-0.15, -0.1) is 0 Å². The van der Waals surface area contributed by atoms with Crippen LogP contribution in [0.2, 0.25) is 13.1 Å². The molecule has 0 saturated carbocycles. The molecular weight excluding hydrogens is 527 g/mol. The van der Waals surface area contributed by atoms with Crippen LogP contribution < -0.4 is 24.8 Å². The molecule has 0 amide bonds. The van der Waals surface area contributed by atoms with Crippen molar-refractivity contribution in [3.05, 3.63) is 81.9 Å². The van der Waals surface area contributed by atoms with Gasteiger partial charge in [0.2, 0.25) is 0 Å². The van der Waals surface area contributed by atoms with Crippen molar-refractivity contribution >= 4 is 17.6 Å². The quantitative estimate of drug-likeness (QED) is 0.474. The Bertz CT molecular complexity index is 967. The second kappa shape index (κ2) is 11.8. The third-order valence-corrected chi connectivity index (χ3v) is 26.0. The van der Waals surface area contributed by atoms with Crippen LogP contribution in [0.25, 0.3) is 12.2 Å². The fraction of sp³-hybridized carbons (Fsp3) is 0.429. The fourth-order valence-corrected chi connectivity index (χ4v) is 26.0. The minimum absolute atomic E-state index is 0. The molecule has 0 N–H and O–H groups in total. The van der Waals surface area contributed by atoms with E-state index in [0.29, 0.717) is 0 Å². The van der Waals surface area contributed by atoms with Gasteiger partial charge >= 0.3 is 193 Å². The van der Waals surface area contributed by atoms with E-state index in [4.69, 9.17) is 0 Å². The van der Waals surface area contributed by atoms with Crippen LogP contribution >= 0.6 is 0 Å². The molecule has 4 heteroatoms.